The van der Waals surface area contributed by atoms with Crippen molar-refractivity contribution in [3.8, 4) is 17.1 Å². The zero-order valence-corrected chi connectivity index (χ0v) is 16.9. The van der Waals surface area contributed by atoms with Crippen molar-refractivity contribution in [2.45, 2.75) is 32.9 Å². The second-order valence-corrected chi connectivity index (χ2v) is 6.94. The van der Waals surface area contributed by atoms with Crippen molar-refractivity contribution in [1.82, 2.24) is 19.3 Å². The lowest BCUT2D eigenvalue weighted by atomic mass is 10.2. The summed E-state index contributed by atoms with van der Waals surface area (Å²) in [4.78, 5) is 30.3. The molecule has 2 aromatic carbocycles. The number of rotatable bonds is 7. The number of para-hydroxylation sites is 1. The number of nitrogens with zero attached hydrogens (tertiary/aromatic N) is 4. The first-order chi connectivity index (χ1) is 14.6. The SMILES string of the molecule is CCCCn1c(=O)c2ccccc2n(Cc2nc(-c3ccc(OC)cc3)no2)c1=O. The molecule has 154 valence electrons. The molecule has 0 aliphatic heterocycles. The minimum atomic E-state index is -0.378. The fourth-order valence-electron chi connectivity index (χ4n) is 3.35. The molecular weight excluding hydrogens is 384 g/mol. The van der Waals surface area contributed by atoms with Crippen molar-refractivity contribution in [2.24, 2.45) is 0 Å². The summed E-state index contributed by atoms with van der Waals surface area (Å²) in [5.74, 6) is 1.44. The summed E-state index contributed by atoms with van der Waals surface area (Å²) >= 11 is 0. The maximum absolute atomic E-state index is 13.1. The van der Waals surface area contributed by atoms with Gasteiger partial charge in [0.15, 0.2) is 0 Å². The van der Waals surface area contributed by atoms with E-state index in [0.717, 1.165) is 24.2 Å². The Morgan fingerprint density at radius 1 is 1.03 bits per heavy atom. The molecule has 0 atom stereocenters. The highest BCUT2D eigenvalue weighted by Crippen LogP contribution is 2.20. The van der Waals surface area contributed by atoms with Gasteiger partial charge in [-0.1, -0.05) is 30.6 Å². The van der Waals surface area contributed by atoms with Gasteiger partial charge in [-0.15, -0.1) is 0 Å². The van der Waals surface area contributed by atoms with Crippen LogP contribution in [0.15, 0.2) is 62.6 Å². The minimum absolute atomic E-state index is 0.0783. The lowest BCUT2D eigenvalue weighted by molar-refractivity contribution is 0.369. The molecule has 0 radical (unpaired) electrons. The highest BCUT2D eigenvalue weighted by atomic mass is 16.5. The Bertz CT molecular complexity index is 1290. The van der Waals surface area contributed by atoms with Gasteiger partial charge in [-0.2, -0.15) is 4.98 Å². The molecule has 0 bridgehead atoms. The zero-order valence-electron chi connectivity index (χ0n) is 16.9. The normalized spacial score (nSPS) is 11.1. The highest BCUT2D eigenvalue weighted by molar-refractivity contribution is 5.77. The van der Waals surface area contributed by atoms with Gasteiger partial charge >= 0.3 is 5.69 Å². The van der Waals surface area contributed by atoms with Crippen LogP contribution in [0.1, 0.15) is 25.7 Å². The number of hydrogen-bond donors (Lipinski definition) is 0. The van der Waals surface area contributed by atoms with Gasteiger partial charge in [0.05, 0.1) is 18.0 Å². The average Bonchev–Trinajstić information content (AvgIpc) is 3.25. The second kappa shape index (κ2) is 8.36. The number of benzene rings is 2. The summed E-state index contributed by atoms with van der Waals surface area (Å²) in [6.45, 7) is 2.47. The smallest absolute Gasteiger partial charge is 0.331 e. The van der Waals surface area contributed by atoms with Crippen LogP contribution in [0, 0.1) is 0 Å². The van der Waals surface area contributed by atoms with E-state index < -0.39 is 0 Å². The molecule has 0 aliphatic carbocycles. The average molecular weight is 406 g/mol. The molecule has 4 rings (SSSR count). The first-order valence-corrected chi connectivity index (χ1v) is 9.81. The highest BCUT2D eigenvalue weighted by Gasteiger charge is 2.16. The summed E-state index contributed by atoms with van der Waals surface area (Å²) in [6, 6.07) is 14.4. The van der Waals surface area contributed by atoms with Crippen LogP contribution in [0.3, 0.4) is 0 Å². The number of ether oxygens (including phenoxy) is 1. The third kappa shape index (κ3) is 3.63. The molecule has 0 unspecified atom stereocenters. The van der Waals surface area contributed by atoms with E-state index >= 15 is 0 Å². The van der Waals surface area contributed by atoms with Crippen molar-refractivity contribution >= 4 is 10.9 Å². The predicted octanol–water partition coefficient (Wildman–Crippen LogP) is 3.07. The first kappa shape index (κ1) is 19.6. The predicted molar refractivity (Wildman–Crippen MR) is 113 cm³/mol. The second-order valence-electron chi connectivity index (χ2n) is 6.94. The summed E-state index contributed by atoms with van der Waals surface area (Å²) < 4.78 is 13.4. The molecule has 2 aromatic heterocycles. The Balaban J connectivity index is 1.74. The van der Waals surface area contributed by atoms with Gasteiger partial charge in [0.25, 0.3) is 5.56 Å². The zero-order chi connectivity index (χ0) is 21.1. The Morgan fingerprint density at radius 2 is 1.80 bits per heavy atom. The molecule has 0 fully saturated rings. The molecule has 0 saturated carbocycles. The maximum Gasteiger partial charge on any atom is 0.331 e. The molecule has 30 heavy (non-hydrogen) atoms. The molecule has 0 saturated heterocycles. The fraction of sp³-hybridized carbons (Fsp3) is 0.273. The third-order valence-corrected chi connectivity index (χ3v) is 4.98. The summed E-state index contributed by atoms with van der Waals surface area (Å²) in [7, 11) is 1.60. The monoisotopic (exact) mass is 406 g/mol. The topological polar surface area (TPSA) is 92.2 Å². The number of fused-ring (bicyclic) bond motifs is 1. The van der Waals surface area contributed by atoms with Crippen molar-refractivity contribution in [1.29, 1.82) is 0 Å². The van der Waals surface area contributed by atoms with Gasteiger partial charge in [0, 0.05) is 12.1 Å². The van der Waals surface area contributed by atoms with E-state index in [-0.39, 0.29) is 23.7 Å². The molecular formula is C22H22N4O4. The molecule has 2 heterocycles. The standard InChI is InChI=1S/C22H22N4O4/c1-3-4-13-25-21(27)17-7-5-6-8-18(17)26(22(25)28)14-19-23-20(24-30-19)15-9-11-16(29-2)12-10-15/h5-12H,3-4,13-14H2,1-2H3. The lowest BCUT2D eigenvalue weighted by Crippen LogP contribution is -2.40. The third-order valence-electron chi connectivity index (χ3n) is 4.98. The van der Waals surface area contributed by atoms with Gasteiger partial charge in [-0.05, 0) is 42.8 Å². The van der Waals surface area contributed by atoms with Crippen LogP contribution in [-0.2, 0) is 13.1 Å². The Kier molecular flexibility index (Phi) is 5.47. The maximum atomic E-state index is 13.1. The minimum Gasteiger partial charge on any atom is -0.497 e. The first-order valence-electron chi connectivity index (χ1n) is 9.81. The van der Waals surface area contributed by atoms with E-state index in [2.05, 4.69) is 10.1 Å². The van der Waals surface area contributed by atoms with E-state index in [0.29, 0.717) is 23.3 Å². The summed E-state index contributed by atoms with van der Waals surface area (Å²) in [5.41, 5.74) is 0.668. The van der Waals surface area contributed by atoms with Crippen molar-refractivity contribution < 1.29 is 9.26 Å². The number of methoxy groups -OCH3 is 1. The number of unbranched alkanes of at least 4 members (excludes halogenated alkanes) is 1. The van der Waals surface area contributed by atoms with Crippen molar-refractivity contribution in [3.63, 3.8) is 0 Å². The van der Waals surface area contributed by atoms with Crippen LogP contribution < -0.4 is 16.0 Å². The Hall–Kier alpha value is -3.68. The largest absolute Gasteiger partial charge is 0.497 e. The van der Waals surface area contributed by atoms with Crippen LogP contribution >= 0.6 is 0 Å². The van der Waals surface area contributed by atoms with E-state index in [1.54, 1.807) is 31.4 Å². The quantitative estimate of drug-likeness (QED) is 0.468. The Labute approximate surface area is 172 Å². The summed E-state index contributed by atoms with van der Waals surface area (Å²) in [5, 5.41) is 4.52. The molecule has 0 spiro atoms. The van der Waals surface area contributed by atoms with E-state index in [9.17, 15) is 9.59 Å². The van der Waals surface area contributed by atoms with Crippen LogP contribution in [0.5, 0.6) is 5.75 Å². The molecule has 0 N–H and O–H groups in total. The van der Waals surface area contributed by atoms with Crippen molar-refractivity contribution in [2.75, 3.05) is 7.11 Å². The number of hydrogen-bond acceptors (Lipinski definition) is 6. The Morgan fingerprint density at radius 3 is 2.53 bits per heavy atom. The van der Waals surface area contributed by atoms with Crippen LogP contribution in [0.4, 0.5) is 0 Å². The molecule has 4 aromatic rings. The van der Waals surface area contributed by atoms with Gasteiger partial charge in [0.1, 0.15) is 12.3 Å². The molecule has 8 nitrogen and oxygen atoms in total. The van der Waals surface area contributed by atoms with E-state index in [1.807, 2.05) is 31.2 Å². The van der Waals surface area contributed by atoms with Gasteiger partial charge < -0.3 is 9.26 Å². The van der Waals surface area contributed by atoms with Crippen LogP contribution in [0.2, 0.25) is 0 Å². The number of aromatic nitrogens is 4. The summed E-state index contributed by atoms with van der Waals surface area (Å²) in [6.07, 6.45) is 1.63. The van der Waals surface area contributed by atoms with Crippen LogP contribution in [-0.4, -0.2) is 26.4 Å². The molecule has 0 amide bonds. The molecule has 8 heteroatoms. The molecule has 0 aliphatic rings. The van der Waals surface area contributed by atoms with Crippen LogP contribution in [0.25, 0.3) is 22.3 Å². The fourth-order valence-corrected chi connectivity index (χ4v) is 3.35. The van der Waals surface area contributed by atoms with Crippen molar-refractivity contribution in [3.05, 3.63) is 75.3 Å². The van der Waals surface area contributed by atoms with Gasteiger partial charge in [-0.25, -0.2) is 4.79 Å². The van der Waals surface area contributed by atoms with E-state index in [1.165, 1.54) is 9.13 Å². The van der Waals surface area contributed by atoms with E-state index in [4.69, 9.17) is 9.26 Å². The van der Waals surface area contributed by atoms with Gasteiger partial charge in [-0.3, -0.25) is 13.9 Å². The lowest BCUT2D eigenvalue weighted by Gasteiger charge is -2.12. The van der Waals surface area contributed by atoms with Gasteiger partial charge in [0.2, 0.25) is 11.7 Å².